The molecule has 0 saturated heterocycles. The highest BCUT2D eigenvalue weighted by atomic mass is 32.1. The first-order valence-electron chi connectivity index (χ1n) is 5.89. The molecule has 8 heteroatoms. The molecule has 1 unspecified atom stereocenters. The first kappa shape index (κ1) is 13.6. The summed E-state index contributed by atoms with van der Waals surface area (Å²) in [4.78, 5) is 12.9. The van der Waals surface area contributed by atoms with E-state index < -0.39 is 0 Å². The molecule has 2 N–H and O–H groups in total. The molecule has 102 valence electrons. The predicted molar refractivity (Wildman–Crippen MR) is 70.4 cm³/mol. The molecule has 1 atom stereocenters. The van der Waals surface area contributed by atoms with Crippen molar-refractivity contribution in [2.45, 2.75) is 25.9 Å². The number of hydrogen-bond donors (Lipinski definition) is 2. The van der Waals surface area contributed by atoms with Crippen LogP contribution in [0.5, 0.6) is 0 Å². The highest BCUT2D eigenvalue weighted by Crippen LogP contribution is 2.16. The molecule has 19 heavy (non-hydrogen) atoms. The lowest BCUT2D eigenvalue weighted by Crippen LogP contribution is -2.36. The summed E-state index contributed by atoms with van der Waals surface area (Å²) in [6.45, 7) is 1.90. The molecule has 0 radical (unpaired) electrons. The number of amides is 1. The Kier molecular flexibility index (Phi) is 4.58. The molecule has 0 saturated carbocycles. The molecule has 0 aliphatic heterocycles. The number of hydrogen-bond acceptors (Lipinski definition) is 6. The van der Waals surface area contributed by atoms with E-state index in [-0.39, 0.29) is 25.1 Å². The summed E-state index contributed by atoms with van der Waals surface area (Å²) in [5, 5.41) is 27.2. The summed E-state index contributed by atoms with van der Waals surface area (Å²) in [7, 11) is 0. The maximum absolute atomic E-state index is 11.7. The van der Waals surface area contributed by atoms with Gasteiger partial charge in [0.2, 0.25) is 11.7 Å². The minimum atomic E-state index is -0.199. The summed E-state index contributed by atoms with van der Waals surface area (Å²) < 4.78 is 0. The third-order valence-electron chi connectivity index (χ3n) is 2.49. The van der Waals surface area contributed by atoms with Gasteiger partial charge >= 0.3 is 0 Å². The number of thiophene rings is 1. The number of aliphatic hydroxyl groups is 1. The Balaban J connectivity index is 1.91. The third-order valence-corrected chi connectivity index (χ3v) is 3.17. The summed E-state index contributed by atoms with van der Waals surface area (Å²) in [5.74, 6) is 0.313. The van der Waals surface area contributed by atoms with Crippen molar-refractivity contribution in [3.05, 3.63) is 16.8 Å². The molecule has 0 aliphatic rings. The minimum Gasteiger partial charge on any atom is -0.396 e. The van der Waals surface area contributed by atoms with Gasteiger partial charge in [-0.15, -0.1) is 10.2 Å². The van der Waals surface area contributed by atoms with Crippen molar-refractivity contribution in [1.29, 1.82) is 0 Å². The minimum absolute atomic E-state index is 0.0207. The van der Waals surface area contributed by atoms with E-state index in [1.54, 1.807) is 11.3 Å². The van der Waals surface area contributed by atoms with E-state index in [1.165, 1.54) is 4.80 Å². The molecule has 1 amide bonds. The molecular formula is C11H15N5O2S. The monoisotopic (exact) mass is 281 g/mol. The summed E-state index contributed by atoms with van der Waals surface area (Å²) in [5.41, 5.74) is 0.894. The van der Waals surface area contributed by atoms with Crippen molar-refractivity contribution in [2.75, 3.05) is 6.61 Å². The molecule has 2 aromatic rings. The van der Waals surface area contributed by atoms with E-state index in [0.29, 0.717) is 12.2 Å². The zero-order valence-electron chi connectivity index (χ0n) is 10.5. The second-order valence-corrected chi connectivity index (χ2v) is 4.92. The zero-order chi connectivity index (χ0) is 13.7. The van der Waals surface area contributed by atoms with Crippen molar-refractivity contribution in [3.63, 3.8) is 0 Å². The van der Waals surface area contributed by atoms with Crippen LogP contribution in [0.2, 0.25) is 0 Å². The Bertz CT molecular complexity index is 525. The molecule has 0 spiro atoms. The van der Waals surface area contributed by atoms with Crippen LogP contribution < -0.4 is 5.32 Å². The van der Waals surface area contributed by atoms with Crippen LogP contribution >= 0.6 is 11.3 Å². The molecule has 0 fully saturated rings. The van der Waals surface area contributed by atoms with Gasteiger partial charge in [-0.1, -0.05) is 0 Å². The molecule has 0 aromatic carbocycles. The summed E-state index contributed by atoms with van der Waals surface area (Å²) in [6.07, 6.45) is 0.524. The van der Waals surface area contributed by atoms with E-state index in [2.05, 4.69) is 20.7 Å². The van der Waals surface area contributed by atoms with Gasteiger partial charge in [0.25, 0.3) is 0 Å². The van der Waals surface area contributed by atoms with Crippen LogP contribution in [0.4, 0.5) is 0 Å². The van der Waals surface area contributed by atoms with E-state index in [0.717, 1.165) is 5.56 Å². The van der Waals surface area contributed by atoms with Crippen molar-refractivity contribution in [2.24, 2.45) is 0 Å². The smallest absolute Gasteiger partial charge is 0.243 e. The van der Waals surface area contributed by atoms with E-state index in [4.69, 9.17) is 5.11 Å². The topological polar surface area (TPSA) is 92.9 Å². The molecule has 0 bridgehead atoms. The van der Waals surface area contributed by atoms with Gasteiger partial charge in [0.05, 0.1) is 0 Å². The number of tetrazole rings is 1. The van der Waals surface area contributed by atoms with Gasteiger partial charge in [0.1, 0.15) is 6.54 Å². The number of carbonyl (C=O) groups is 1. The lowest BCUT2D eigenvalue weighted by molar-refractivity contribution is -0.122. The number of nitrogens with one attached hydrogen (secondary N) is 1. The summed E-state index contributed by atoms with van der Waals surface area (Å²) in [6, 6.07) is 1.83. The van der Waals surface area contributed by atoms with Gasteiger partial charge in [-0.05, 0) is 30.0 Å². The Morgan fingerprint density at radius 1 is 1.63 bits per heavy atom. The SMILES string of the molecule is CC(CCO)NC(=O)Cn1nnc(-c2ccsc2)n1. The van der Waals surface area contributed by atoms with Crippen LogP contribution in [-0.4, -0.2) is 43.9 Å². The van der Waals surface area contributed by atoms with Gasteiger partial charge in [0.15, 0.2) is 0 Å². The second kappa shape index (κ2) is 6.39. The Hall–Kier alpha value is -1.80. The highest BCUT2D eigenvalue weighted by Gasteiger charge is 2.11. The maximum atomic E-state index is 11.7. The van der Waals surface area contributed by atoms with Crippen LogP contribution in [0.15, 0.2) is 16.8 Å². The third kappa shape index (κ3) is 3.83. The van der Waals surface area contributed by atoms with E-state index >= 15 is 0 Å². The number of aliphatic hydroxyl groups excluding tert-OH is 1. The zero-order valence-corrected chi connectivity index (χ0v) is 11.3. The Morgan fingerprint density at radius 3 is 3.16 bits per heavy atom. The van der Waals surface area contributed by atoms with Crippen LogP contribution in [0, 0.1) is 0 Å². The maximum Gasteiger partial charge on any atom is 0.243 e. The number of carbonyl (C=O) groups excluding carboxylic acids is 1. The van der Waals surface area contributed by atoms with Crippen LogP contribution in [0.3, 0.4) is 0 Å². The van der Waals surface area contributed by atoms with Gasteiger partial charge in [-0.3, -0.25) is 4.79 Å². The average Bonchev–Trinajstić information content (AvgIpc) is 2.98. The summed E-state index contributed by atoms with van der Waals surface area (Å²) >= 11 is 1.55. The largest absolute Gasteiger partial charge is 0.396 e. The quantitative estimate of drug-likeness (QED) is 0.794. The standard InChI is InChI=1S/C11H15N5O2S/c1-8(2-4-17)12-10(18)6-16-14-11(13-15-16)9-3-5-19-7-9/h3,5,7-8,17H,2,4,6H2,1H3,(H,12,18). The van der Waals surface area contributed by atoms with Crippen molar-refractivity contribution < 1.29 is 9.90 Å². The van der Waals surface area contributed by atoms with Crippen LogP contribution in [0.1, 0.15) is 13.3 Å². The predicted octanol–water partition coefficient (Wildman–Crippen LogP) is 0.289. The highest BCUT2D eigenvalue weighted by molar-refractivity contribution is 7.08. The Morgan fingerprint density at radius 2 is 2.47 bits per heavy atom. The first-order valence-corrected chi connectivity index (χ1v) is 6.84. The molecule has 2 rings (SSSR count). The second-order valence-electron chi connectivity index (χ2n) is 4.14. The lowest BCUT2D eigenvalue weighted by atomic mass is 10.2. The van der Waals surface area contributed by atoms with Crippen molar-refractivity contribution in [1.82, 2.24) is 25.5 Å². The molecular weight excluding hydrogens is 266 g/mol. The van der Waals surface area contributed by atoms with Gasteiger partial charge in [0, 0.05) is 23.6 Å². The Labute approximate surface area is 114 Å². The van der Waals surface area contributed by atoms with Gasteiger partial charge < -0.3 is 10.4 Å². The number of rotatable bonds is 6. The molecule has 0 aliphatic carbocycles. The lowest BCUT2D eigenvalue weighted by Gasteiger charge is -2.11. The first-order chi connectivity index (χ1) is 9.19. The van der Waals surface area contributed by atoms with Gasteiger partial charge in [-0.2, -0.15) is 16.1 Å². The normalized spacial score (nSPS) is 12.3. The number of aromatic nitrogens is 4. The fraction of sp³-hybridized carbons (Fsp3) is 0.455. The van der Waals surface area contributed by atoms with E-state index in [9.17, 15) is 4.79 Å². The van der Waals surface area contributed by atoms with Crippen molar-refractivity contribution in [3.8, 4) is 11.4 Å². The fourth-order valence-corrected chi connectivity index (χ4v) is 2.17. The fourth-order valence-electron chi connectivity index (χ4n) is 1.53. The molecule has 2 aromatic heterocycles. The van der Waals surface area contributed by atoms with Gasteiger partial charge in [-0.25, -0.2) is 0 Å². The molecule has 2 heterocycles. The average molecular weight is 281 g/mol. The van der Waals surface area contributed by atoms with Crippen molar-refractivity contribution >= 4 is 17.2 Å². The van der Waals surface area contributed by atoms with Crippen LogP contribution in [0.25, 0.3) is 11.4 Å². The molecule has 7 nitrogen and oxygen atoms in total. The van der Waals surface area contributed by atoms with E-state index in [1.807, 2.05) is 23.8 Å². The van der Waals surface area contributed by atoms with Crippen LogP contribution in [-0.2, 0) is 11.3 Å². The number of nitrogens with zero attached hydrogens (tertiary/aromatic N) is 4.